The average Bonchev–Trinajstić information content (AvgIpc) is 2.90. The van der Waals surface area contributed by atoms with Crippen LogP contribution in [0.1, 0.15) is 50.7 Å². The molecule has 0 unspecified atom stereocenters. The Hall–Kier alpha value is -3.34. The number of aryl methyl sites for hydroxylation is 1. The van der Waals surface area contributed by atoms with Crippen LogP contribution >= 0.6 is 0 Å². The minimum Gasteiger partial charge on any atom is -0.491 e. The normalized spacial score (nSPS) is 11.3. The van der Waals surface area contributed by atoms with Crippen molar-refractivity contribution in [2.45, 2.75) is 52.4 Å². The first kappa shape index (κ1) is 25.7. The Kier molecular flexibility index (Phi) is 7.97. The number of unbranched alkanes of at least 4 members (excludes halogenated alkanes) is 2. The van der Waals surface area contributed by atoms with Crippen molar-refractivity contribution in [2.24, 2.45) is 0 Å². The summed E-state index contributed by atoms with van der Waals surface area (Å²) in [6, 6.07) is 15.0. The number of halogens is 4. The summed E-state index contributed by atoms with van der Waals surface area (Å²) in [6.45, 7) is 4.25. The first-order valence-corrected chi connectivity index (χ1v) is 12.5. The molecule has 0 spiro atoms. The lowest BCUT2D eigenvalue weighted by Crippen LogP contribution is -2.04. The summed E-state index contributed by atoms with van der Waals surface area (Å²) in [4.78, 5) is 0. The first-order valence-electron chi connectivity index (χ1n) is 12.5. The third-order valence-electron chi connectivity index (χ3n) is 6.74. The molecule has 0 aliphatic carbocycles. The summed E-state index contributed by atoms with van der Waals surface area (Å²) in [5.41, 5.74) is 3.45. The van der Waals surface area contributed by atoms with Gasteiger partial charge in [0, 0.05) is 16.5 Å². The molecule has 0 N–H and O–H groups in total. The van der Waals surface area contributed by atoms with E-state index in [1.807, 2.05) is 18.2 Å². The van der Waals surface area contributed by atoms with Crippen LogP contribution in [0, 0.1) is 23.3 Å². The van der Waals surface area contributed by atoms with Crippen molar-refractivity contribution in [3.63, 3.8) is 0 Å². The van der Waals surface area contributed by atoms with Crippen LogP contribution < -0.4 is 4.74 Å². The van der Waals surface area contributed by atoms with Crippen LogP contribution in [0.2, 0.25) is 0 Å². The van der Waals surface area contributed by atoms with Gasteiger partial charge in [0.05, 0.1) is 7.11 Å². The Labute approximate surface area is 209 Å². The van der Waals surface area contributed by atoms with Gasteiger partial charge < -0.3 is 4.74 Å². The van der Waals surface area contributed by atoms with Crippen molar-refractivity contribution in [3.8, 4) is 28.0 Å². The van der Waals surface area contributed by atoms with E-state index in [4.69, 9.17) is 0 Å². The lowest BCUT2D eigenvalue weighted by atomic mass is 9.85. The smallest absolute Gasteiger partial charge is 0.204 e. The molecule has 0 saturated heterocycles. The maximum atomic E-state index is 16.0. The molecule has 0 heterocycles. The minimum atomic E-state index is -1.38. The SMILES string of the molecule is CCCCc1c(-c2ccc(-c3cc(F)c(OC)c(F)c3F)cc2)c(F)c2ccccc2c1CCCC. The highest BCUT2D eigenvalue weighted by Gasteiger charge is 2.22. The highest BCUT2D eigenvalue weighted by Crippen LogP contribution is 2.39. The maximum absolute atomic E-state index is 16.0. The molecule has 0 aromatic heterocycles. The van der Waals surface area contributed by atoms with Crippen LogP contribution in [0.25, 0.3) is 33.0 Å². The van der Waals surface area contributed by atoms with E-state index in [0.717, 1.165) is 62.7 Å². The van der Waals surface area contributed by atoms with Crippen LogP contribution in [-0.4, -0.2) is 7.11 Å². The van der Waals surface area contributed by atoms with Gasteiger partial charge in [-0.15, -0.1) is 0 Å². The number of benzene rings is 4. The highest BCUT2D eigenvalue weighted by molar-refractivity contribution is 5.93. The molecule has 4 aromatic rings. The van der Waals surface area contributed by atoms with Crippen LogP contribution in [0.4, 0.5) is 17.6 Å². The second-order valence-electron chi connectivity index (χ2n) is 9.04. The van der Waals surface area contributed by atoms with Crippen molar-refractivity contribution >= 4 is 10.8 Å². The molecule has 0 aliphatic rings. The van der Waals surface area contributed by atoms with Crippen LogP contribution in [-0.2, 0) is 12.8 Å². The number of methoxy groups -OCH3 is 1. The molecule has 5 heteroatoms. The summed E-state index contributed by atoms with van der Waals surface area (Å²) < 4.78 is 63.9. The molecule has 36 heavy (non-hydrogen) atoms. The molecule has 0 atom stereocenters. The van der Waals surface area contributed by atoms with Crippen molar-refractivity contribution < 1.29 is 22.3 Å². The molecule has 188 valence electrons. The number of hydrogen-bond acceptors (Lipinski definition) is 1. The quantitative estimate of drug-likeness (QED) is 0.166. The summed E-state index contributed by atoms with van der Waals surface area (Å²) in [5.74, 6) is -4.59. The highest BCUT2D eigenvalue weighted by atomic mass is 19.2. The Bertz CT molecular complexity index is 1380. The van der Waals surface area contributed by atoms with Gasteiger partial charge in [-0.2, -0.15) is 4.39 Å². The standard InChI is InChI=1S/C31H30F4O/c1-4-6-10-21-22-12-8-9-13-24(22)28(33)27(23(21)11-7-5-2)20-16-14-19(15-17-20)25-18-26(32)31(36-3)30(35)29(25)34/h8-9,12-18H,4-7,10-11H2,1-3H3. The topological polar surface area (TPSA) is 9.23 Å². The fourth-order valence-electron chi connectivity index (χ4n) is 4.88. The Balaban J connectivity index is 1.89. The van der Waals surface area contributed by atoms with E-state index in [1.54, 1.807) is 30.3 Å². The predicted octanol–water partition coefficient (Wildman–Crippen LogP) is 9.42. The van der Waals surface area contributed by atoms with Gasteiger partial charge in [0.1, 0.15) is 5.82 Å². The fourth-order valence-corrected chi connectivity index (χ4v) is 4.88. The van der Waals surface area contributed by atoms with Gasteiger partial charge in [0.2, 0.25) is 5.82 Å². The molecule has 1 nitrogen and oxygen atoms in total. The summed E-state index contributed by atoms with van der Waals surface area (Å²) in [7, 11) is 1.08. The Morgan fingerprint density at radius 3 is 1.86 bits per heavy atom. The molecule has 4 rings (SSSR count). The molecular formula is C31H30F4O. The van der Waals surface area contributed by atoms with E-state index in [-0.39, 0.29) is 11.4 Å². The number of fused-ring (bicyclic) bond motifs is 1. The fraction of sp³-hybridized carbons (Fsp3) is 0.290. The van der Waals surface area contributed by atoms with Crippen LogP contribution in [0.15, 0.2) is 54.6 Å². The maximum Gasteiger partial charge on any atom is 0.204 e. The van der Waals surface area contributed by atoms with Crippen molar-refractivity contribution in [3.05, 3.63) is 89.0 Å². The predicted molar refractivity (Wildman–Crippen MR) is 138 cm³/mol. The lowest BCUT2D eigenvalue weighted by Gasteiger charge is -2.20. The molecule has 0 amide bonds. The van der Waals surface area contributed by atoms with E-state index in [9.17, 15) is 13.2 Å². The number of hydrogen-bond donors (Lipinski definition) is 0. The molecule has 0 bridgehead atoms. The van der Waals surface area contributed by atoms with E-state index in [1.165, 1.54) is 5.56 Å². The van der Waals surface area contributed by atoms with Crippen molar-refractivity contribution in [1.82, 2.24) is 0 Å². The van der Waals surface area contributed by atoms with Crippen LogP contribution in [0.5, 0.6) is 5.75 Å². The summed E-state index contributed by atoms with van der Waals surface area (Å²) >= 11 is 0. The Morgan fingerprint density at radius 2 is 1.25 bits per heavy atom. The Morgan fingerprint density at radius 1 is 0.667 bits per heavy atom. The van der Waals surface area contributed by atoms with Gasteiger partial charge in [0.15, 0.2) is 17.4 Å². The minimum absolute atomic E-state index is 0.217. The first-order chi connectivity index (χ1) is 17.4. The van der Waals surface area contributed by atoms with E-state index < -0.39 is 23.2 Å². The summed E-state index contributed by atoms with van der Waals surface area (Å²) in [5, 5.41) is 1.52. The number of ether oxygens (including phenoxy) is 1. The second kappa shape index (κ2) is 11.2. The lowest BCUT2D eigenvalue weighted by molar-refractivity contribution is 0.347. The largest absolute Gasteiger partial charge is 0.491 e. The summed E-state index contributed by atoms with van der Waals surface area (Å²) in [6.07, 6.45) is 5.55. The molecular weight excluding hydrogens is 464 g/mol. The molecule has 0 saturated carbocycles. The van der Waals surface area contributed by atoms with Gasteiger partial charge in [-0.3, -0.25) is 0 Å². The van der Waals surface area contributed by atoms with E-state index in [2.05, 4.69) is 18.6 Å². The third-order valence-corrected chi connectivity index (χ3v) is 6.74. The van der Waals surface area contributed by atoms with Crippen LogP contribution in [0.3, 0.4) is 0 Å². The van der Waals surface area contributed by atoms with Gasteiger partial charge in [-0.1, -0.05) is 75.2 Å². The van der Waals surface area contributed by atoms with Gasteiger partial charge in [-0.05, 0) is 59.4 Å². The van der Waals surface area contributed by atoms with Gasteiger partial charge in [-0.25, -0.2) is 13.2 Å². The average molecular weight is 495 g/mol. The van der Waals surface area contributed by atoms with E-state index in [0.29, 0.717) is 22.1 Å². The van der Waals surface area contributed by atoms with Crippen molar-refractivity contribution in [2.75, 3.05) is 7.11 Å². The number of rotatable bonds is 9. The second-order valence-corrected chi connectivity index (χ2v) is 9.04. The molecule has 0 radical (unpaired) electrons. The van der Waals surface area contributed by atoms with Gasteiger partial charge in [0.25, 0.3) is 0 Å². The van der Waals surface area contributed by atoms with E-state index >= 15 is 4.39 Å². The molecule has 4 aromatic carbocycles. The van der Waals surface area contributed by atoms with Gasteiger partial charge >= 0.3 is 0 Å². The molecule has 0 aliphatic heterocycles. The third kappa shape index (κ3) is 4.71. The monoisotopic (exact) mass is 494 g/mol. The zero-order valence-electron chi connectivity index (χ0n) is 20.9. The zero-order valence-corrected chi connectivity index (χ0v) is 20.9. The molecule has 0 fully saturated rings. The zero-order chi connectivity index (χ0) is 25.8. The van der Waals surface area contributed by atoms with Crippen molar-refractivity contribution in [1.29, 1.82) is 0 Å².